The predicted molar refractivity (Wildman–Crippen MR) is 128 cm³/mol. The van der Waals surface area contributed by atoms with E-state index in [1.54, 1.807) is 6.92 Å². The molecule has 3 aliphatic rings. The van der Waals surface area contributed by atoms with Gasteiger partial charge in [0, 0.05) is 50.9 Å². The van der Waals surface area contributed by atoms with Gasteiger partial charge in [0.1, 0.15) is 11.4 Å². The molecular weight excluding hydrogens is 430 g/mol. The standard InChI is InChI=1S/C26H35N5O3/c1-18-24(28-34-27-18)14-26(33)29-16-21-6-3-4-9-25(21)30(19(2)32)13-12-22-7-5-8-23(17-29)31(22)15-20-10-11-20/h3-4,6,9,20,22-23H,5,7-8,10-17H2,1-2H3. The van der Waals surface area contributed by atoms with Gasteiger partial charge < -0.3 is 9.80 Å². The lowest BCUT2D eigenvalue weighted by Crippen LogP contribution is -2.53. The van der Waals surface area contributed by atoms with Crippen molar-refractivity contribution in [2.45, 2.75) is 77.4 Å². The number of benzene rings is 1. The Bertz CT molecular complexity index is 1030. The highest BCUT2D eigenvalue weighted by Crippen LogP contribution is 2.36. The molecule has 1 aromatic carbocycles. The molecule has 3 heterocycles. The summed E-state index contributed by atoms with van der Waals surface area (Å²) in [6.07, 6.45) is 7.19. The summed E-state index contributed by atoms with van der Waals surface area (Å²) in [5.41, 5.74) is 3.17. The largest absolute Gasteiger partial charge is 0.336 e. The molecule has 0 spiro atoms. The van der Waals surface area contributed by atoms with Gasteiger partial charge in [0.2, 0.25) is 11.8 Å². The molecule has 8 nitrogen and oxygen atoms in total. The van der Waals surface area contributed by atoms with E-state index >= 15 is 0 Å². The van der Waals surface area contributed by atoms with E-state index in [0.29, 0.717) is 43.1 Å². The van der Waals surface area contributed by atoms with Gasteiger partial charge in [0.15, 0.2) is 0 Å². The van der Waals surface area contributed by atoms with Crippen LogP contribution in [0.5, 0.6) is 0 Å². The molecule has 1 aromatic heterocycles. The van der Waals surface area contributed by atoms with Gasteiger partial charge in [-0.3, -0.25) is 14.5 Å². The zero-order valence-electron chi connectivity index (χ0n) is 20.3. The fraction of sp³-hybridized carbons (Fsp3) is 0.615. The first kappa shape index (κ1) is 23.0. The minimum absolute atomic E-state index is 0.0238. The van der Waals surface area contributed by atoms with Crippen LogP contribution in [0.3, 0.4) is 0 Å². The van der Waals surface area contributed by atoms with Crippen molar-refractivity contribution in [2.75, 3.05) is 24.5 Å². The molecule has 34 heavy (non-hydrogen) atoms. The number of rotatable bonds is 4. The number of carbonyl (C=O) groups is 2. The Morgan fingerprint density at radius 3 is 2.59 bits per heavy atom. The number of hydrogen-bond donors (Lipinski definition) is 0. The minimum Gasteiger partial charge on any atom is -0.336 e. The van der Waals surface area contributed by atoms with Crippen molar-refractivity contribution in [2.24, 2.45) is 5.92 Å². The average molecular weight is 466 g/mol. The van der Waals surface area contributed by atoms with Crippen molar-refractivity contribution in [1.82, 2.24) is 20.1 Å². The average Bonchev–Trinajstić information content (AvgIpc) is 3.55. The molecule has 2 aromatic rings. The Hall–Kier alpha value is -2.74. The van der Waals surface area contributed by atoms with Crippen LogP contribution in [0.4, 0.5) is 5.69 Å². The predicted octanol–water partition coefficient (Wildman–Crippen LogP) is 3.34. The summed E-state index contributed by atoms with van der Waals surface area (Å²) in [6, 6.07) is 8.81. The zero-order valence-corrected chi connectivity index (χ0v) is 20.3. The van der Waals surface area contributed by atoms with E-state index < -0.39 is 0 Å². The summed E-state index contributed by atoms with van der Waals surface area (Å²) in [6.45, 7) is 6.45. The second kappa shape index (κ2) is 9.86. The maximum absolute atomic E-state index is 13.6. The molecule has 2 fully saturated rings. The van der Waals surface area contributed by atoms with Gasteiger partial charge in [-0.2, -0.15) is 0 Å². The molecular formula is C26H35N5O3. The number of hydrogen-bond acceptors (Lipinski definition) is 6. The molecule has 5 rings (SSSR count). The number of piperidine rings is 1. The first-order valence-corrected chi connectivity index (χ1v) is 12.7. The van der Waals surface area contributed by atoms with Crippen molar-refractivity contribution in [1.29, 1.82) is 0 Å². The normalized spacial score (nSPS) is 23.8. The van der Waals surface area contributed by atoms with Crippen molar-refractivity contribution in [3.05, 3.63) is 41.2 Å². The maximum atomic E-state index is 13.6. The van der Waals surface area contributed by atoms with Crippen LogP contribution >= 0.6 is 0 Å². The van der Waals surface area contributed by atoms with E-state index in [2.05, 4.69) is 15.2 Å². The van der Waals surface area contributed by atoms with Crippen LogP contribution in [-0.4, -0.2) is 63.6 Å². The van der Waals surface area contributed by atoms with Gasteiger partial charge in [-0.15, -0.1) is 0 Å². The molecule has 1 saturated carbocycles. The Morgan fingerprint density at radius 1 is 1.06 bits per heavy atom. The van der Waals surface area contributed by atoms with Crippen molar-refractivity contribution < 1.29 is 14.2 Å². The second-order valence-corrected chi connectivity index (χ2v) is 10.2. The van der Waals surface area contributed by atoms with E-state index in [1.807, 2.05) is 41.0 Å². The molecule has 1 aliphatic carbocycles. The van der Waals surface area contributed by atoms with E-state index in [0.717, 1.165) is 49.4 Å². The summed E-state index contributed by atoms with van der Waals surface area (Å²) in [5, 5.41) is 7.79. The molecule has 2 unspecified atom stereocenters. The van der Waals surface area contributed by atoms with E-state index in [-0.39, 0.29) is 18.2 Å². The molecule has 2 atom stereocenters. The lowest BCUT2D eigenvalue weighted by atomic mass is 9.92. The van der Waals surface area contributed by atoms with Crippen molar-refractivity contribution >= 4 is 17.5 Å². The number of nitrogens with zero attached hydrogens (tertiary/aromatic N) is 5. The number of carbonyl (C=O) groups excluding carboxylic acids is 2. The maximum Gasteiger partial charge on any atom is 0.229 e. The Balaban J connectivity index is 1.50. The van der Waals surface area contributed by atoms with E-state index in [1.165, 1.54) is 12.8 Å². The molecule has 0 N–H and O–H groups in total. The fourth-order valence-corrected chi connectivity index (χ4v) is 5.63. The Kier molecular flexibility index (Phi) is 6.68. The van der Waals surface area contributed by atoms with Gasteiger partial charge >= 0.3 is 0 Å². The van der Waals surface area contributed by atoms with Crippen LogP contribution in [0.1, 0.15) is 62.4 Å². The molecule has 1 saturated heterocycles. The summed E-state index contributed by atoms with van der Waals surface area (Å²) in [4.78, 5) is 32.9. The Morgan fingerprint density at radius 2 is 1.85 bits per heavy atom. The molecule has 2 aliphatic heterocycles. The topological polar surface area (TPSA) is 82.8 Å². The summed E-state index contributed by atoms with van der Waals surface area (Å²) in [7, 11) is 0. The molecule has 182 valence electrons. The summed E-state index contributed by atoms with van der Waals surface area (Å²) in [5.74, 6) is 0.855. The SMILES string of the molecule is CC(=O)N1CCC2CCCC(CN(C(=O)Cc3nonc3C)Cc3ccccc31)N2CC1CC1. The third kappa shape index (κ3) is 5.02. The molecule has 0 radical (unpaired) electrons. The first-order chi connectivity index (χ1) is 16.5. The number of para-hydroxylation sites is 1. The highest BCUT2D eigenvalue weighted by Gasteiger charge is 2.37. The van der Waals surface area contributed by atoms with Crippen LogP contribution in [-0.2, 0) is 22.6 Å². The third-order valence-electron chi connectivity index (χ3n) is 7.74. The quantitative estimate of drug-likeness (QED) is 0.689. The third-order valence-corrected chi connectivity index (χ3v) is 7.74. The fourth-order valence-electron chi connectivity index (χ4n) is 5.63. The monoisotopic (exact) mass is 465 g/mol. The highest BCUT2D eigenvalue weighted by molar-refractivity contribution is 5.92. The zero-order chi connectivity index (χ0) is 23.7. The van der Waals surface area contributed by atoms with Gasteiger partial charge in [0.25, 0.3) is 0 Å². The number of aromatic nitrogens is 2. The lowest BCUT2D eigenvalue weighted by molar-refractivity contribution is -0.132. The number of aryl methyl sites for hydroxylation is 1. The van der Waals surface area contributed by atoms with Crippen LogP contribution in [0, 0.1) is 12.8 Å². The minimum atomic E-state index is 0.0238. The Labute approximate surface area is 201 Å². The highest BCUT2D eigenvalue weighted by atomic mass is 16.6. The number of amides is 2. The van der Waals surface area contributed by atoms with Crippen LogP contribution in [0.25, 0.3) is 0 Å². The molecule has 2 bridgehead atoms. The van der Waals surface area contributed by atoms with Gasteiger partial charge in [-0.05, 0) is 56.6 Å². The van der Waals surface area contributed by atoms with Crippen LogP contribution in [0.15, 0.2) is 28.9 Å². The second-order valence-electron chi connectivity index (χ2n) is 10.2. The number of anilines is 1. The first-order valence-electron chi connectivity index (χ1n) is 12.7. The van der Waals surface area contributed by atoms with Crippen molar-refractivity contribution in [3.63, 3.8) is 0 Å². The van der Waals surface area contributed by atoms with Crippen LogP contribution in [0.2, 0.25) is 0 Å². The smallest absolute Gasteiger partial charge is 0.229 e. The van der Waals surface area contributed by atoms with Crippen LogP contribution < -0.4 is 4.90 Å². The molecule has 8 heteroatoms. The van der Waals surface area contributed by atoms with Gasteiger partial charge in [0.05, 0.1) is 6.42 Å². The lowest BCUT2D eigenvalue weighted by Gasteiger charge is -2.44. The summed E-state index contributed by atoms with van der Waals surface area (Å²) >= 11 is 0. The molecule has 2 amide bonds. The van der Waals surface area contributed by atoms with Crippen molar-refractivity contribution in [3.8, 4) is 0 Å². The number of fused-ring (bicyclic) bond motifs is 3. The van der Waals surface area contributed by atoms with Gasteiger partial charge in [-0.1, -0.05) is 34.9 Å². The van der Waals surface area contributed by atoms with E-state index in [4.69, 9.17) is 4.63 Å². The summed E-state index contributed by atoms with van der Waals surface area (Å²) < 4.78 is 4.84. The van der Waals surface area contributed by atoms with Gasteiger partial charge in [-0.25, -0.2) is 4.63 Å². The van der Waals surface area contributed by atoms with E-state index in [9.17, 15) is 9.59 Å².